The number of carbonyl (C=O) groups is 4. The Morgan fingerprint density at radius 3 is 1.43 bits per heavy atom. The summed E-state index contributed by atoms with van der Waals surface area (Å²) in [4.78, 5) is 43.6. The molecule has 21 heavy (non-hydrogen) atoms. The molecule has 2 amide bonds. The van der Waals surface area contributed by atoms with Crippen LogP contribution < -0.4 is 10.6 Å². The normalized spacial score (nSPS) is 10.0. The predicted octanol–water partition coefficient (Wildman–Crippen LogP) is -1.18. The van der Waals surface area contributed by atoms with Crippen molar-refractivity contribution in [1.29, 1.82) is 0 Å². The lowest BCUT2D eigenvalue weighted by Crippen LogP contribution is -2.33. The van der Waals surface area contributed by atoms with Crippen molar-refractivity contribution >= 4 is 23.4 Å². The van der Waals surface area contributed by atoms with Crippen molar-refractivity contribution in [3.8, 4) is 0 Å². The summed E-state index contributed by atoms with van der Waals surface area (Å²) in [6.07, 6.45) is 0.552. The predicted molar refractivity (Wildman–Crippen MR) is 73.6 cm³/mol. The number of amides is 2. The Labute approximate surface area is 123 Å². The van der Waals surface area contributed by atoms with Gasteiger partial charge in [0.2, 0.25) is 11.8 Å². The van der Waals surface area contributed by atoms with Crippen molar-refractivity contribution in [2.24, 2.45) is 0 Å². The number of ether oxygens (including phenoxy) is 2. The van der Waals surface area contributed by atoms with Crippen molar-refractivity contribution in [2.75, 3.05) is 39.5 Å². The van der Waals surface area contributed by atoms with Crippen LogP contribution >= 0.6 is 0 Å². The van der Waals surface area contributed by atoms with Gasteiger partial charge in [-0.3, -0.25) is 19.2 Å². The summed E-state index contributed by atoms with van der Waals surface area (Å²) in [5.41, 5.74) is 0. The molecule has 0 aromatic heterocycles. The molecular weight excluding hydrogens is 280 g/mol. The maximum Gasteiger partial charge on any atom is 0.246 e. The fraction of sp³-hybridized carbons (Fsp3) is 0.692. The van der Waals surface area contributed by atoms with Crippen LogP contribution in [0.3, 0.4) is 0 Å². The van der Waals surface area contributed by atoms with E-state index in [0.717, 1.165) is 0 Å². The van der Waals surface area contributed by atoms with Crippen molar-refractivity contribution in [3.05, 3.63) is 0 Å². The minimum absolute atomic E-state index is 0.0796. The Hall–Kier alpha value is -1.80. The molecule has 2 N–H and O–H groups in total. The second-order valence-electron chi connectivity index (χ2n) is 4.44. The Morgan fingerprint density at radius 2 is 1.10 bits per heavy atom. The Bertz CT molecular complexity index is 336. The summed E-state index contributed by atoms with van der Waals surface area (Å²) in [5, 5.41) is 5.17. The first kappa shape index (κ1) is 19.2. The van der Waals surface area contributed by atoms with Crippen LogP contribution in [0.15, 0.2) is 0 Å². The fourth-order valence-electron chi connectivity index (χ4n) is 1.22. The highest BCUT2D eigenvalue weighted by Crippen LogP contribution is 1.81. The number of hydrogen-bond donors (Lipinski definition) is 2. The van der Waals surface area contributed by atoms with Crippen molar-refractivity contribution in [2.45, 2.75) is 20.3 Å². The molecule has 8 heteroatoms. The van der Waals surface area contributed by atoms with Gasteiger partial charge in [0.05, 0.1) is 0 Å². The molecule has 0 heterocycles. The molecule has 0 fully saturated rings. The van der Waals surface area contributed by atoms with Crippen LogP contribution in [0.4, 0.5) is 0 Å². The molecule has 0 aromatic rings. The Morgan fingerprint density at radius 1 is 0.714 bits per heavy atom. The van der Waals surface area contributed by atoms with E-state index in [1.807, 2.05) is 0 Å². The highest BCUT2D eigenvalue weighted by atomic mass is 16.5. The molecule has 0 saturated carbocycles. The smallest absolute Gasteiger partial charge is 0.246 e. The van der Waals surface area contributed by atoms with E-state index in [4.69, 9.17) is 9.47 Å². The van der Waals surface area contributed by atoms with Gasteiger partial charge in [0.15, 0.2) is 11.6 Å². The lowest BCUT2D eigenvalue weighted by molar-refractivity contribution is -0.130. The third kappa shape index (κ3) is 14.4. The number of nitrogens with one attached hydrogen (secondary N) is 2. The number of hydrogen-bond acceptors (Lipinski definition) is 6. The summed E-state index contributed by atoms with van der Waals surface area (Å²) < 4.78 is 9.68. The summed E-state index contributed by atoms with van der Waals surface area (Å²) in [7, 11) is 0. The maximum atomic E-state index is 11.2. The zero-order chi connectivity index (χ0) is 16.1. The van der Waals surface area contributed by atoms with Gasteiger partial charge in [-0.2, -0.15) is 0 Å². The molecule has 0 aliphatic heterocycles. The molecule has 0 aliphatic carbocycles. The van der Waals surface area contributed by atoms with E-state index < -0.39 is 0 Å². The van der Waals surface area contributed by atoms with Crippen LogP contribution in [-0.4, -0.2) is 62.9 Å². The largest absolute Gasteiger partial charge is 0.364 e. The SMILES string of the molecule is CC(=O)COCC(=O)NCCCNC(=O)COCC(C)=O. The summed E-state index contributed by atoms with van der Waals surface area (Å²) >= 11 is 0. The quantitative estimate of drug-likeness (QED) is 0.439. The average Bonchev–Trinajstić information content (AvgIpc) is 2.37. The molecule has 0 atom stereocenters. The zero-order valence-corrected chi connectivity index (χ0v) is 12.4. The Balaban J connectivity index is 3.42. The van der Waals surface area contributed by atoms with E-state index >= 15 is 0 Å². The third-order valence-electron chi connectivity index (χ3n) is 2.07. The van der Waals surface area contributed by atoms with Gasteiger partial charge in [-0.1, -0.05) is 0 Å². The monoisotopic (exact) mass is 302 g/mol. The molecule has 0 saturated heterocycles. The first-order valence-corrected chi connectivity index (χ1v) is 6.59. The lowest BCUT2D eigenvalue weighted by atomic mass is 10.4. The number of ketones is 2. The molecule has 120 valence electrons. The zero-order valence-electron chi connectivity index (χ0n) is 12.4. The van der Waals surface area contributed by atoms with Gasteiger partial charge in [0.25, 0.3) is 0 Å². The second-order valence-corrected chi connectivity index (χ2v) is 4.44. The van der Waals surface area contributed by atoms with Gasteiger partial charge in [-0.15, -0.1) is 0 Å². The maximum absolute atomic E-state index is 11.2. The van der Waals surface area contributed by atoms with Crippen molar-refractivity contribution < 1.29 is 28.7 Å². The Kier molecular flexibility index (Phi) is 11.0. The van der Waals surface area contributed by atoms with Crippen LogP contribution in [-0.2, 0) is 28.7 Å². The number of rotatable bonds is 12. The summed E-state index contributed by atoms with van der Waals surface area (Å²) in [5.74, 6) is -0.908. The van der Waals surface area contributed by atoms with Crippen LogP contribution in [0.2, 0.25) is 0 Å². The third-order valence-corrected chi connectivity index (χ3v) is 2.07. The first-order valence-electron chi connectivity index (χ1n) is 6.59. The number of carbonyl (C=O) groups excluding carboxylic acids is 4. The van der Waals surface area contributed by atoms with Gasteiger partial charge in [0.1, 0.15) is 26.4 Å². The van der Waals surface area contributed by atoms with Crippen LogP contribution in [0.1, 0.15) is 20.3 Å². The molecule has 0 spiro atoms. The lowest BCUT2D eigenvalue weighted by Gasteiger charge is -2.07. The molecule has 0 aromatic carbocycles. The average molecular weight is 302 g/mol. The molecule has 0 radical (unpaired) electrons. The van der Waals surface area contributed by atoms with E-state index in [2.05, 4.69) is 10.6 Å². The second kappa shape index (κ2) is 12.0. The highest BCUT2D eigenvalue weighted by Gasteiger charge is 2.03. The molecule has 8 nitrogen and oxygen atoms in total. The van der Waals surface area contributed by atoms with Crippen molar-refractivity contribution in [3.63, 3.8) is 0 Å². The van der Waals surface area contributed by atoms with Gasteiger partial charge in [-0.05, 0) is 20.3 Å². The van der Waals surface area contributed by atoms with E-state index in [1.54, 1.807) is 0 Å². The van der Waals surface area contributed by atoms with E-state index in [-0.39, 0.29) is 49.8 Å². The minimum Gasteiger partial charge on any atom is -0.364 e. The van der Waals surface area contributed by atoms with Gasteiger partial charge in [-0.25, -0.2) is 0 Å². The molecular formula is C13H22N2O6. The van der Waals surface area contributed by atoms with Crippen LogP contribution in [0.5, 0.6) is 0 Å². The first-order chi connectivity index (χ1) is 9.91. The topological polar surface area (TPSA) is 111 Å². The summed E-state index contributed by atoms with van der Waals surface area (Å²) in [6.45, 7) is 3.04. The van der Waals surface area contributed by atoms with Crippen LogP contribution in [0, 0.1) is 0 Å². The number of Topliss-reactive ketones (excluding diaryl/α,β-unsaturated/α-hetero) is 2. The molecule has 0 bridgehead atoms. The molecule has 0 unspecified atom stereocenters. The van der Waals surface area contributed by atoms with Crippen LogP contribution in [0.25, 0.3) is 0 Å². The van der Waals surface area contributed by atoms with Gasteiger partial charge in [0, 0.05) is 13.1 Å². The fourth-order valence-corrected chi connectivity index (χ4v) is 1.22. The highest BCUT2D eigenvalue weighted by molar-refractivity contribution is 5.80. The molecule has 0 aliphatic rings. The van der Waals surface area contributed by atoms with Gasteiger partial charge >= 0.3 is 0 Å². The van der Waals surface area contributed by atoms with Crippen molar-refractivity contribution in [1.82, 2.24) is 10.6 Å². The minimum atomic E-state index is -0.313. The summed E-state index contributed by atoms with van der Waals surface area (Å²) in [6, 6.07) is 0. The van der Waals surface area contributed by atoms with Gasteiger partial charge < -0.3 is 20.1 Å². The van der Waals surface area contributed by atoms with E-state index in [0.29, 0.717) is 19.5 Å². The van der Waals surface area contributed by atoms with E-state index in [9.17, 15) is 19.2 Å². The van der Waals surface area contributed by atoms with E-state index in [1.165, 1.54) is 13.8 Å². The molecule has 0 rings (SSSR count). The standard InChI is InChI=1S/C13H22N2O6/c1-10(16)6-20-8-12(18)14-4-3-5-15-13(19)9-21-7-11(2)17/h3-9H2,1-2H3,(H,14,18)(H,15,19).